The van der Waals surface area contributed by atoms with E-state index < -0.39 is 0 Å². The van der Waals surface area contributed by atoms with Gasteiger partial charge in [0.25, 0.3) is 0 Å². The zero-order chi connectivity index (χ0) is 19.8. The van der Waals surface area contributed by atoms with E-state index in [0.29, 0.717) is 26.1 Å². The standard InChI is InChI=1S/C22H28N4O2/c23-20(18-7-3-1-4-8-18)17-21(27)24-12-11-22(28)26-15-13-25(14-16-26)19-9-5-2-6-10-19/h1-10,20H,11-17,23H2,(H,24,27). The molecule has 2 amide bonds. The normalized spacial score (nSPS) is 15.2. The monoisotopic (exact) mass is 380 g/mol. The summed E-state index contributed by atoms with van der Waals surface area (Å²) in [6.45, 7) is 3.42. The lowest BCUT2D eigenvalue weighted by atomic mass is 10.0. The third kappa shape index (κ3) is 5.57. The Bertz CT molecular complexity index is 759. The number of rotatable bonds is 7. The number of hydrogen-bond donors (Lipinski definition) is 2. The summed E-state index contributed by atoms with van der Waals surface area (Å²) in [7, 11) is 0. The summed E-state index contributed by atoms with van der Waals surface area (Å²) in [6.07, 6.45) is 0.533. The number of carbonyl (C=O) groups is 2. The number of piperazine rings is 1. The fraction of sp³-hybridized carbons (Fsp3) is 0.364. The zero-order valence-electron chi connectivity index (χ0n) is 16.1. The number of nitrogens with one attached hydrogen (secondary N) is 1. The molecule has 1 unspecified atom stereocenters. The van der Waals surface area contributed by atoms with E-state index in [9.17, 15) is 9.59 Å². The zero-order valence-corrected chi connectivity index (χ0v) is 16.1. The lowest BCUT2D eigenvalue weighted by molar-refractivity contribution is -0.131. The van der Waals surface area contributed by atoms with E-state index >= 15 is 0 Å². The Labute approximate surface area is 166 Å². The highest BCUT2D eigenvalue weighted by molar-refractivity contribution is 5.79. The molecule has 2 aromatic carbocycles. The van der Waals surface area contributed by atoms with Crippen molar-refractivity contribution >= 4 is 17.5 Å². The minimum atomic E-state index is -0.331. The molecule has 28 heavy (non-hydrogen) atoms. The van der Waals surface area contributed by atoms with Crippen LogP contribution in [-0.2, 0) is 9.59 Å². The van der Waals surface area contributed by atoms with Crippen LogP contribution in [0, 0.1) is 0 Å². The molecule has 1 heterocycles. The van der Waals surface area contributed by atoms with Gasteiger partial charge in [-0.3, -0.25) is 9.59 Å². The predicted octanol–water partition coefficient (Wildman–Crippen LogP) is 1.93. The van der Waals surface area contributed by atoms with Crippen LogP contribution in [0.4, 0.5) is 5.69 Å². The van der Waals surface area contributed by atoms with Crippen LogP contribution in [0.5, 0.6) is 0 Å². The maximum Gasteiger partial charge on any atom is 0.224 e. The number of carbonyl (C=O) groups excluding carboxylic acids is 2. The highest BCUT2D eigenvalue weighted by atomic mass is 16.2. The molecule has 0 saturated carbocycles. The summed E-state index contributed by atoms with van der Waals surface area (Å²) in [5, 5.41) is 2.81. The molecular formula is C22H28N4O2. The van der Waals surface area contributed by atoms with Gasteiger partial charge >= 0.3 is 0 Å². The molecule has 1 fully saturated rings. The maximum absolute atomic E-state index is 12.4. The van der Waals surface area contributed by atoms with E-state index in [0.717, 1.165) is 18.7 Å². The molecule has 6 heteroatoms. The second-order valence-electron chi connectivity index (χ2n) is 7.02. The molecule has 3 rings (SSSR count). The van der Waals surface area contributed by atoms with E-state index in [2.05, 4.69) is 22.3 Å². The van der Waals surface area contributed by atoms with Gasteiger partial charge in [-0.1, -0.05) is 48.5 Å². The summed E-state index contributed by atoms with van der Waals surface area (Å²) in [5.41, 5.74) is 8.19. The molecule has 1 aliphatic rings. The van der Waals surface area contributed by atoms with Gasteiger partial charge in [-0.2, -0.15) is 0 Å². The quantitative estimate of drug-likeness (QED) is 0.769. The first-order valence-electron chi connectivity index (χ1n) is 9.78. The van der Waals surface area contributed by atoms with Gasteiger partial charge in [0.15, 0.2) is 0 Å². The number of para-hydroxylation sites is 1. The first-order valence-corrected chi connectivity index (χ1v) is 9.78. The summed E-state index contributed by atoms with van der Waals surface area (Å²) in [5.74, 6) is -0.0431. The molecule has 1 saturated heterocycles. The number of anilines is 1. The van der Waals surface area contributed by atoms with Crippen LogP contribution in [0.3, 0.4) is 0 Å². The lowest BCUT2D eigenvalue weighted by Crippen LogP contribution is -2.49. The molecule has 148 valence electrons. The number of amides is 2. The smallest absolute Gasteiger partial charge is 0.224 e. The van der Waals surface area contributed by atoms with Gasteiger partial charge in [-0.05, 0) is 17.7 Å². The Morgan fingerprint density at radius 2 is 1.54 bits per heavy atom. The van der Waals surface area contributed by atoms with Crippen molar-refractivity contribution in [2.24, 2.45) is 5.73 Å². The van der Waals surface area contributed by atoms with Crippen LogP contribution in [0.25, 0.3) is 0 Å². The van der Waals surface area contributed by atoms with Gasteiger partial charge < -0.3 is 20.9 Å². The Morgan fingerprint density at radius 1 is 0.929 bits per heavy atom. The fourth-order valence-corrected chi connectivity index (χ4v) is 3.41. The van der Waals surface area contributed by atoms with Gasteiger partial charge in [0, 0.05) is 57.3 Å². The average molecular weight is 380 g/mol. The van der Waals surface area contributed by atoms with E-state index in [1.807, 2.05) is 53.4 Å². The van der Waals surface area contributed by atoms with Crippen LogP contribution in [0.1, 0.15) is 24.4 Å². The van der Waals surface area contributed by atoms with Crippen molar-refractivity contribution in [1.82, 2.24) is 10.2 Å². The van der Waals surface area contributed by atoms with Crippen molar-refractivity contribution in [3.63, 3.8) is 0 Å². The fourth-order valence-electron chi connectivity index (χ4n) is 3.41. The van der Waals surface area contributed by atoms with Crippen LogP contribution in [0.15, 0.2) is 60.7 Å². The van der Waals surface area contributed by atoms with Gasteiger partial charge in [0.2, 0.25) is 11.8 Å². The van der Waals surface area contributed by atoms with E-state index in [4.69, 9.17) is 5.73 Å². The van der Waals surface area contributed by atoms with Gasteiger partial charge in [-0.15, -0.1) is 0 Å². The molecular weight excluding hydrogens is 352 g/mol. The Kier molecular flexibility index (Phi) is 7.03. The number of hydrogen-bond acceptors (Lipinski definition) is 4. The molecule has 2 aromatic rings. The van der Waals surface area contributed by atoms with E-state index in [-0.39, 0.29) is 24.3 Å². The summed E-state index contributed by atoms with van der Waals surface area (Å²) < 4.78 is 0. The summed E-state index contributed by atoms with van der Waals surface area (Å²) in [4.78, 5) is 28.6. The number of nitrogens with two attached hydrogens (primary N) is 1. The average Bonchev–Trinajstić information content (AvgIpc) is 2.75. The molecule has 0 bridgehead atoms. The Morgan fingerprint density at radius 3 is 2.18 bits per heavy atom. The van der Waals surface area contributed by atoms with Gasteiger partial charge in [-0.25, -0.2) is 0 Å². The largest absolute Gasteiger partial charge is 0.368 e. The molecule has 3 N–H and O–H groups in total. The van der Waals surface area contributed by atoms with Gasteiger partial charge in [0.05, 0.1) is 0 Å². The number of nitrogens with zero attached hydrogens (tertiary/aromatic N) is 2. The summed E-state index contributed by atoms with van der Waals surface area (Å²) >= 11 is 0. The van der Waals surface area contributed by atoms with Gasteiger partial charge in [0.1, 0.15) is 0 Å². The highest BCUT2D eigenvalue weighted by Gasteiger charge is 2.21. The van der Waals surface area contributed by atoms with Crippen molar-refractivity contribution in [3.05, 3.63) is 66.2 Å². The minimum absolute atomic E-state index is 0.0837. The summed E-state index contributed by atoms with van der Waals surface area (Å²) in [6, 6.07) is 19.5. The van der Waals surface area contributed by atoms with E-state index in [1.54, 1.807) is 0 Å². The molecule has 6 nitrogen and oxygen atoms in total. The molecule has 0 aromatic heterocycles. The second-order valence-corrected chi connectivity index (χ2v) is 7.02. The van der Waals surface area contributed by atoms with Crippen LogP contribution < -0.4 is 16.0 Å². The van der Waals surface area contributed by atoms with Crippen molar-refractivity contribution < 1.29 is 9.59 Å². The first-order chi connectivity index (χ1) is 13.6. The molecule has 1 aliphatic heterocycles. The molecule has 1 atom stereocenters. The van der Waals surface area contributed by atoms with Crippen molar-refractivity contribution in [2.45, 2.75) is 18.9 Å². The van der Waals surface area contributed by atoms with E-state index in [1.165, 1.54) is 5.69 Å². The van der Waals surface area contributed by atoms with Crippen molar-refractivity contribution in [1.29, 1.82) is 0 Å². The van der Waals surface area contributed by atoms with Crippen LogP contribution in [-0.4, -0.2) is 49.4 Å². The third-order valence-electron chi connectivity index (χ3n) is 5.05. The number of benzene rings is 2. The highest BCUT2D eigenvalue weighted by Crippen LogP contribution is 2.16. The maximum atomic E-state index is 12.4. The Balaban J connectivity index is 1.35. The van der Waals surface area contributed by atoms with Crippen molar-refractivity contribution in [2.75, 3.05) is 37.6 Å². The molecule has 0 aliphatic carbocycles. The third-order valence-corrected chi connectivity index (χ3v) is 5.05. The van der Waals surface area contributed by atoms with Crippen LogP contribution in [0.2, 0.25) is 0 Å². The Hall–Kier alpha value is -2.86. The molecule has 0 spiro atoms. The lowest BCUT2D eigenvalue weighted by Gasteiger charge is -2.36. The predicted molar refractivity (Wildman–Crippen MR) is 111 cm³/mol. The minimum Gasteiger partial charge on any atom is -0.368 e. The molecule has 0 radical (unpaired) electrons. The van der Waals surface area contributed by atoms with Crippen molar-refractivity contribution in [3.8, 4) is 0 Å². The van der Waals surface area contributed by atoms with Crippen LogP contribution >= 0.6 is 0 Å². The topological polar surface area (TPSA) is 78.7 Å². The SMILES string of the molecule is NC(CC(=O)NCCC(=O)N1CCN(c2ccccc2)CC1)c1ccccc1. The first kappa shape index (κ1) is 19.9. The second kappa shape index (κ2) is 9.90.